The quantitative estimate of drug-likeness (QED) is 0.503. The van der Waals surface area contributed by atoms with Crippen LogP contribution in [0.3, 0.4) is 0 Å². The summed E-state index contributed by atoms with van der Waals surface area (Å²) in [6.45, 7) is 3.37. The molecule has 1 aliphatic carbocycles. The first kappa shape index (κ1) is 21.2. The number of unbranched alkanes of at least 4 members (excludes halogenated alkanes) is 1. The van der Waals surface area contributed by atoms with Gasteiger partial charge in [-0.3, -0.25) is 0 Å². The van der Waals surface area contributed by atoms with Gasteiger partial charge >= 0.3 is 0 Å². The van der Waals surface area contributed by atoms with E-state index in [0.29, 0.717) is 17.5 Å². The van der Waals surface area contributed by atoms with Gasteiger partial charge in [-0.1, -0.05) is 49.6 Å². The molecular weight excluding hydrogens is 370 g/mol. The van der Waals surface area contributed by atoms with E-state index in [1.54, 1.807) is 12.1 Å². The molecule has 0 amide bonds. The van der Waals surface area contributed by atoms with Crippen molar-refractivity contribution in [2.75, 3.05) is 26.2 Å². The third-order valence-electron chi connectivity index (χ3n) is 5.44. The van der Waals surface area contributed by atoms with Crippen LogP contribution in [-0.2, 0) is 10.0 Å². The first-order chi connectivity index (χ1) is 13.6. The van der Waals surface area contributed by atoms with Gasteiger partial charge < -0.3 is 10.6 Å². The molecule has 0 spiro atoms. The molecule has 5 nitrogen and oxygen atoms in total. The third kappa shape index (κ3) is 6.55. The normalized spacial score (nSPS) is 15.9. The lowest BCUT2D eigenvalue weighted by Gasteiger charge is -2.22. The molecule has 0 bridgehead atoms. The predicted octanol–water partition coefficient (Wildman–Crippen LogP) is 3.41. The van der Waals surface area contributed by atoms with E-state index in [9.17, 15) is 8.42 Å². The Labute approximate surface area is 169 Å². The molecule has 3 rings (SSSR count). The number of benzene rings is 2. The van der Waals surface area contributed by atoms with Crippen LogP contribution in [0, 0.1) is 0 Å². The van der Waals surface area contributed by atoms with Gasteiger partial charge in [0.2, 0.25) is 10.0 Å². The van der Waals surface area contributed by atoms with Crippen LogP contribution >= 0.6 is 0 Å². The average molecular weight is 404 g/mol. The highest BCUT2D eigenvalue weighted by Gasteiger charge is 2.14. The lowest BCUT2D eigenvalue weighted by Crippen LogP contribution is -2.36. The summed E-state index contributed by atoms with van der Waals surface area (Å²) < 4.78 is 27.6. The SMILES string of the molecule is O=S(=O)(NCCCCNCCNC1CCCCC1)c1ccc2ccccc2c1. The molecule has 0 atom stereocenters. The van der Waals surface area contributed by atoms with E-state index in [4.69, 9.17) is 0 Å². The van der Waals surface area contributed by atoms with E-state index in [-0.39, 0.29) is 0 Å². The van der Waals surface area contributed by atoms with Crippen molar-refractivity contribution < 1.29 is 8.42 Å². The lowest BCUT2D eigenvalue weighted by molar-refractivity contribution is 0.372. The van der Waals surface area contributed by atoms with E-state index < -0.39 is 10.0 Å². The number of fused-ring (bicyclic) bond motifs is 1. The van der Waals surface area contributed by atoms with E-state index in [1.165, 1.54) is 32.1 Å². The smallest absolute Gasteiger partial charge is 0.240 e. The molecule has 0 heterocycles. The first-order valence-corrected chi connectivity index (χ1v) is 12.1. The third-order valence-corrected chi connectivity index (χ3v) is 6.90. The van der Waals surface area contributed by atoms with E-state index >= 15 is 0 Å². The van der Waals surface area contributed by atoms with Gasteiger partial charge in [0.1, 0.15) is 0 Å². The summed E-state index contributed by atoms with van der Waals surface area (Å²) in [4.78, 5) is 0.332. The molecule has 3 N–H and O–H groups in total. The minimum Gasteiger partial charge on any atom is -0.315 e. The van der Waals surface area contributed by atoms with Crippen LogP contribution < -0.4 is 15.4 Å². The maximum absolute atomic E-state index is 12.5. The molecule has 6 heteroatoms. The van der Waals surface area contributed by atoms with Crippen molar-refractivity contribution in [1.29, 1.82) is 0 Å². The van der Waals surface area contributed by atoms with Crippen molar-refractivity contribution in [2.45, 2.75) is 55.9 Å². The summed E-state index contributed by atoms with van der Waals surface area (Å²) in [5, 5.41) is 9.04. The second-order valence-corrected chi connectivity index (χ2v) is 9.42. The van der Waals surface area contributed by atoms with Crippen LogP contribution in [0.4, 0.5) is 0 Å². The maximum atomic E-state index is 12.5. The van der Waals surface area contributed by atoms with E-state index in [2.05, 4.69) is 15.4 Å². The van der Waals surface area contributed by atoms with Crippen LogP contribution in [-0.4, -0.2) is 40.6 Å². The fourth-order valence-electron chi connectivity index (χ4n) is 3.80. The van der Waals surface area contributed by atoms with Gasteiger partial charge in [0.25, 0.3) is 0 Å². The van der Waals surface area contributed by atoms with Crippen LogP contribution in [0.5, 0.6) is 0 Å². The van der Waals surface area contributed by atoms with Gasteiger partial charge in [0, 0.05) is 25.7 Å². The highest BCUT2D eigenvalue weighted by atomic mass is 32.2. The van der Waals surface area contributed by atoms with Crippen LogP contribution in [0.2, 0.25) is 0 Å². The highest BCUT2D eigenvalue weighted by molar-refractivity contribution is 7.89. The summed E-state index contributed by atoms with van der Waals surface area (Å²) in [6, 6.07) is 13.8. The Bertz CT molecular complexity index is 833. The second-order valence-electron chi connectivity index (χ2n) is 7.65. The predicted molar refractivity (Wildman–Crippen MR) is 116 cm³/mol. The van der Waals surface area contributed by atoms with Crippen LogP contribution in [0.25, 0.3) is 10.8 Å². The Kier molecular flexibility index (Phi) is 8.27. The van der Waals surface area contributed by atoms with Gasteiger partial charge in [0.15, 0.2) is 0 Å². The molecule has 2 aromatic rings. The summed E-state index contributed by atoms with van der Waals surface area (Å²) in [5.74, 6) is 0. The standard InChI is InChI=1S/C22H33N3O2S/c26-28(27,22-13-12-19-8-4-5-9-20(19)18-22)25-15-7-6-14-23-16-17-24-21-10-2-1-3-11-21/h4-5,8-9,12-13,18,21,23-25H,1-3,6-7,10-11,14-17H2. The van der Waals surface area contributed by atoms with Crippen molar-refractivity contribution >= 4 is 20.8 Å². The van der Waals surface area contributed by atoms with Crippen molar-refractivity contribution in [3.05, 3.63) is 42.5 Å². The zero-order valence-corrected chi connectivity index (χ0v) is 17.4. The fourth-order valence-corrected chi connectivity index (χ4v) is 4.90. The van der Waals surface area contributed by atoms with Crippen molar-refractivity contribution in [3.8, 4) is 0 Å². The molecule has 0 saturated heterocycles. The Balaban J connectivity index is 1.28. The minimum atomic E-state index is -3.45. The van der Waals surface area contributed by atoms with E-state index in [1.807, 2.05) is 30.3 Å². The van der Waals surface area contributed by atoms with Crippen molar-refractivity contribution in [1.82, 2.24) is 15.4 Å². The van der Waals surface area contributed by atoms with Gasteiger partial charge in [-0.15, -0.1) is 0 Å². The van der Waals surface area contributed by atoms with Gasteiger partial charge in [-0.05, 0) is 55.1 Å². The molecule has 154 valence electrons. The summed E-state index contributed by atoms with van der Waals surface area (Å²) in [5.41, 5.74) is 0. The molecular formula is C22H33N3O2S. The van der Waals surface area contributed by atoms with Gasteiger partial charge in [-0.2, -0.15) is 0 Å². The van der Waals surface area contributed by atoms with Gasteiger partial charge in [-0.25, -0.2) is 13.1 Å². The molecule has 1 aliphatic rings. The molecule has 0 aromatic heterocycles. The molecule has 0 radical (unpaired) electrons. The number of sulfonamides is 1. The zero-order valence-electron chi connectivity index (χ0n) is 16.6. The number of rotatable bonds is 11. The lowest BCUT2D eigenvalue weighted by atomic mass is 9.95. The number of hydrogen-bond acceptors (Lipinski definition) is 4. The summed E-state index contributed by atoms with van der Waals surface area (Å²) >= 11 is 0. The summed E-state index contributed by atoms with van der Waals surface area (Å²) in [6.07, 6.45) is 8.54. The summed E-state index contributed by atoms with van der Waals surface area (Å²) in [7, 11) is -3.45. The Morgan fingerprint density at radius 1 is 0.821 bits per heavy atom. The molecule has 0 unspecified atom stereocenters. The largest absolute Gasteiger partial charge is 0.315 e. The number of nitrogens with one attached hydrogen (secondary N) is 3. The Morgan fingerprint density at radius 2 is 1.57 bits per heavy atom. The van der Waals surface area contributed by atoms with Crippen molar-refractivity contribution in [3.63, 3.8) is 0 Å². The van der Waals surface area contributed by atoms with E-state index in [0.717, 1.165) is 43.2 Å². The molecule has 1 fully saturated rings. The van der Waals surface area contributed by atoms with Crippen molar-refractivity contribution in [2.24, 2.45) is 0 Å². The maximum Gasteiger partial charge on any atom is 0.240 e. The number of hydrogen-bond donors (Lipinski definition) is 3. The molecule has 2 aromatic carbocycles. The zero-order chi connectivity index (χ0) is 19.7. The molecule has 28 heavy (non-hydrogen) atoms. The van der Waals surface area contributed by atoms with Gasteiger partial charge in [0.05, 0.1) is 4.90 Å². The first-order valence-electron chi connectivity index (χ1n) is 10.6. The topological polar surface area (TPSA) is 70.2 Å². The van der Waals surface area contributed by atoms with Crippen LogP contribution in [0.1, 0.15) is 44.9 Å². The molecule has 1 saturated carbocycles. The Hall–Kier alpha value is -1.47. The molecule has 0 aliphatic heterocycles. The van der Waals surface area contributed by atoms with Crippen LogP contribution in [0.15, 0.2) is 47.4 Å². The minimum absolute atomic E-state index is 0.332. The fraction of sp³-hybridized carbons (Fsp3) is 0.545. The Morgan fingerprint density at radius 3 is 2.39 bits per heavy atom. The second kappa shape index (κ2) is 10.9. The monoisotopic (exact) mass is 403 g/mol. The average Bonchev–Trinajstić information content (AvgIpc) is 2.73. The highest BCUT2D eigenvalue weighted by Crippen LogP contribution is 2.19.